The Balaban J connectivity index is 1.74. The van der Waals surface area contributed by atoms with E-state index in [1.165, 1.54) is 24.2 Å². The van der Waals surface area contributed by atoms with Crippen LogP contribution in [0.15, 0.2) is 11.4 Å². The molecule has 2 heterocycles. The van der Waals surface area contributed by atoms with Crippen molar-refractivity contribution in [2.45, 2.75) is 45.4 Å². The molecule has 1 aliphatic heterocycles. The van der Waals surface area contributed by atoms with Crippen LogP contribution in [0.5, 0.6) is 0 Å². The molecule has 0 aromatic carbocycles. The number of amides is 2. The molecular weight excluding hydrogens is 348 g/mol. The molecular formula is C19H28N4O2S. The van der Waals surface area contributed by atoms with Crippen molar-refractivity contribution in [3.63, 3.8) is 0 Å². The van der Waals surface area contributed by atoms with Crippen LogP contribution in [0.1, 0.15) is 51.0 Å². The van der Waals surface area contributed by atoms with Crippen molar-refractivity contribution in [3.05, 3.63) is 17.0 Å². The third-order valence-electron chi connectivity index (χ3n) is 4.61. The summed E-state index contributed by atoms with van der Waals surface area (Å²) in [6.45, 7) is 4.60. The lowest BCUT2D eigenvalue weighted by Gasteiger charge is -2.31. The number of hydrogen-bond donors (Lipinski definition) is 2. The Labute approximate surface area is 159 Å². The van der Waals surface area contributed by atoms with Crippen LogP contribution in [0.2, 0.25) is 0 Å². The largest absolute Gasteiger partial charge is 0.356 e. The van der Waals surface area contributed by atoms with Crippen molar-refractivity contribution in [3.8, 4) is 6.07 Å². The Morgan fingerprint density at radius 2 is 2.23 bits per heavy atom. The van der Waals surface area contributed by atoms with E-state index in [4.69, 9.17) is 5.26 Å². The van der Waals surface area contributed by atoms with Crippen LogP contribution in [-0.4, -0.2) is 42.9 Å². The molecule has 26 heavy (non-hydrogen) atoms. The molecule has 6 nitrogen and oxygen atoms in total. The van der Waals surface area contributed by atoms with Gasteiger partial charge in [-0.2, -0.15) is 5.26 Å². The third-order valence-corrected chi connectivity index (χ3v) is 5.44. The highest BCUT2D eigenvalue weighted by atomic mass is 32.1. The average molecular weight is 377 g/mol. The van der Waals surface area contributed by atoms with Gasteiger partial charge in [0.1, 0.15) is 11.1 Å². The molecule has 0 saturated carbocycles. The second kappa shape index (κ2) is 10.9. The number of carbonyl (C=O) groups excluding carboxylic acids is 2. The fourth-order valence-corrected chi connectivity index (χ4v) is 3.94. The summed E-state index contributed by atoms with van der Waals surface area (Å²) >= 11 is 1.35. The van der Waals surface area contributed by atoms with Gasteiger partial charge in [0.15, 0.2) is 0 Å². The van der Waals surface area contributed by atoms with Gasteiger partial charge in [-0.25, -0.2) is 0 Å². The minimum Gasteiger partial charge on any atom is -0.356 e. The SMILES string of the molecule is CCCCCCNC(=O)C1CCCN(CC(=O)Nc2sccc2C#N)C1. The molecule has 2 N–H and O–H groups in total. The van der Waals surface area contributed by atoms with Gasteiger partial charge in [0, 0.05) is 13.1 Å². The molecule has 1 atom stereocenters. The Bertz CT molecular complexity index is 638. The summed E-state index contributed by atoms with van der Waals surface area (Å²) in [4.78, 5) is 26.6. The number of carbonyl (C=O) groups is 2. The summed E-state index contributed by atoms with van der Waals surface area (Å²) in [5.41, 5.74) is 0.488. The number of thiophene rings is 1. The number of anilines is 1. The van der Waals surface area contributed by atoms with Crippen molar-refractivity contribution in [2.24, 2.45) is 5.92 Å². The lowest BCUT2D eigenvalue weighted by Crippen LogP contribution is -2.45. The maximum absolute atomic E-state index is 12.3. The molecule has 1 aromatic heterocycles. The van der Waals surface area contributed by atoms with Gasteiger partial charge in [-0.15, -0.1) is 11.3 Å². The summed E-state index contributed by atoms with van der Waals surface area (Å²) in [6.07, 6.45) is 6.38. The van der Waals surface area contributed by atoms with Crippen LogP contribution in [-0.2, 0) is 9.59 Å². The van der Waals surface area contributed by atoms with Crippen LogP contribution in [0, 0.1) is 17.2 Å². The lowest BCUT2D eigenvalue weighted by molar-refractivity contribution is -0.127. The van der Waals surface area contributed by atoms with Gasteiger partial charge in [-0.1, -0.05) is 26.2 Å². The minimum atomic E-state index is -0.135. The second-order valence-corrected chi connectivity index (χ2v) is 7.67. The highest BCUT2D eigenvalue weighted by molar-refractivity contribution is 7.14. The van der Waals surface area contributed by atoms with Crippen LogP contribution in [0.3, 0.4) is 0 Å². The van der Waals surface area contributed by atoms with E-state index in [1.54, 1.807) is 11.4 Å². The van der Waals surface area contributed by atoms with Crippen LogP contribution in [0.4, 0.5) is 5.00 Å². The highest BCUT2D eigenvalue weighted by Crippen LogP contribution is 2.22. The molecule has 1 fully saturated rings. The normalized spacial score (nSPS) is 17.5. The van der Waals surface area contributed by atoms with Crippen molar-refractivity contribution in [1.82, 2.24) is 10.2 Å². The summed E-state index contributed by atoms with van der Waals surface area (Å²) in [5.74, 6) is -0.0691. The number of unbranched alkanes of at least 4 members (excludes halogenated alkanes) is 3. The minimum absolute atomic E-state index is 0.0425. The van der Waals surface area contributed by atoms with Crippen molar-refractivity contribution in [2.75, 3.05) is 31.5 Å². The number of nitrogens with zero attached hydrogens (tertiary/aromatic N) is 2. The topological polar surface area (TPSA) is 85.2 Å². The number of piperidine rings is 1. The molecule has 1 aliphatic rings. The molecule has 1 unspecified atom stereocenters. The van der Waals surface area contributed by atoms with Crippen LogP contribution < -0.4 is 10.6 Å². The number of rotatable bonds is 9. The summed E-state index contributed by atoms with van der Waals surface area (Å²) in [7, 11) is 0. The number of hydrogen-bond acceptors (Lipinski definition) is 5. The maximum Gasteiger partial charge on any atom is 0.239 e. The van der Waals surface area contributed by atoms with Gasteiger partial charge in [-0.3, -0.25) is 14.5 Å². The zero-order chi connectivity index (χ0) is 18.8. The average Bonchev–Trinajstić information content (AvgIpc) is 3.08. The monoisotopic (exact) mass is 376 g/mol. The zero-order valence-corrected chi connectivity index (χ0v) is 16.2. The Morgan fingerprint density at radius 1 is 1.38 bits per heavy atom. The predicted octanol–water partition coefficient (Wildman–Crippen LogP) is 2.97. The Hall–Kier alpha value is -1.91. The summed E-state index contributed by atoms with van der Waals surface area (Å²) in [6, 6.07) is 3.76. The molecule has 1 aromatic rings. The zero-order valence-electron chi connectivity index (χ0n) is 15.4. The van der Waals surface area contributed by atoms with Crippen molar-refractivity contribution < 1.29 is 9.59 Å². The van der Waals surface area contributed by atoms with E-state index < -0.39 is 0 Å². The first-order valence-electron chi connectivity index (χ1n) is 9.41. The van der Waals surface area contributed by atoms with E-state index in [9.17, 15) is 9.59 Å². The number of likely N-dealkylation sites (tertiary alicyclic amines) is 1. The molecule has 0 bridgehead atoms. The lowest BCUT2D eigenvalue weighted by atomic mass is 9.97. The standard InChI is InChI=1S/C19H28N4O2S/c1-2-3-4-5-9-21-18(25)16-7-6-10-23(13-16)14-17(24)22-19-15(12-20)8-11-26-19/h8,11,16H,2-7,9-10,13-14H2,1H3,(H,21,25)(H,22,24). The van der Waals surface area contributed by atoms with E-state index >= 15 is 0 Å². The fraction of sp³-hybridized carbons (Fsp3) is 0.632. The molecule has 142 valence electrons. The van der Waals surface area contributed by atoms with E-state index in [-0.39, 0.29) is 24.3 Å². The van der Waals surface area contributed by atoms with Crippen molar-refractivity contribution in [1.29, 1.82) is 5.26 Å². The second-order valence-electron chi connectivity index (χ2n) is 6.75. The Morgan fingerprint density at radius 3 is 3.00 bits per heavy atom. The summed E-state index contributed by atoms with van der Waals surface area (Å²) < 4.78 is 0. The van der Waals surface area contributed by atoms with Gasteiger partial charge in [0.25, 0.3) is 0 Å². The smallest absolute Gasteiger partial charge is 0.239 e. The molecule has 0 aliphatic carbocycles. The third kappa shape index (κ3) is 6.43. The molecule has 2 amide bonds. The molecule has 2 rings (SSSR count). The van der Waals surface area contributed by atoms with Gasteiger partial charge in [-0.05, 0) is 37.3 Å². The first-order valence-corrected chi connectivity index (χ1v) is 10.3. The van der Waals surface area contributed by atoms with Gasteiger partial charge < -0.3 is 10.6 Å². The molecule has 7 heteroatoms. The van der Waals surface area contributed by atoms with Crippen LogP contribution >= 0.6 is 11.3 Å². The van der Waals surface area contributed by atoms with E-state index in [0.29, 0.717) is 17.1 Å². The molecule has 0 radical (unpaired) electrons. The Kier molecular flexibility index (Phi) is 8.59. The van der Waals surface area contributed by atoms with Gasteiger partial charge in [0.05, 0.1) is 18.0 Å². The first-order chi connectivity index (χ1) is 12.6. The van der Waals surface area contributed by atoms with Gasteiger partial charge >= 0.3 is 0 Å². The molecule has 1 saturated heterocycles. The van der Waals surface area contributed by atoms with E-state index in [0.717, 1.165) is 38.8 Å². The quantitative estimate of drug-likeness (QED) is 0.649. The summed E-state index contributed by atoms with van der Waals surface area (Å²) in [5, 5.41) is 17.2. The molecule has 0 spiro atoms. The predicted molar refractivity (Wildman–Crippen MR) is 104 cm³/mol. The fourth-order valence-electron chi connectivity index (χ4n) is 3.18. The van der Waals surface area contributed by atoms with Crippen molar-refractivity contribution >= 4 is 28.2 Å². The first kappa shape index (κ1) is 20.4. The van der Waals surface area contributed by atoms with E-state index in [1.807, 2.05) is 4.90 Å². The highest BCUT2D eigenvalue weighted by Gasteiger charge is 2.26. The maximum atomic E-state index is 12.3. The van der Waals surface area contributed by atoms with E-state index in [2.05, 4.69) is 23.6 Å². The van der Waals surface area contributed by atoms with Crippen LogP contribution in [0.25, 0.3) is 0 Å². The number of nitriles is 1. The van der Waals surface area contributed by atoms with Gasteiger partial charge in [0.2, 0.25) is 11.8 Å². The number of nitrogens with one attached hydrogen (secondary N) is 2.